The van der Waals surface area contributed by atoms with Gasteiger partial charge in [0.15, 0.2) is 0 Å². The van der Waals surface area contributed by atoms with Crippen LogP contribution in [0.3, 0.4) is 0 Å². The van der Waals surface area contributed by atoms with E-state index in [1.807, 2.05) is 6.92 Å². The zero-order valence-electron chi connectivity index (χ0n) is 15.2. The zero-order chi connectivity index (χ0) is 21.1. The molecule has 0 aliphatic heterocycles. The second-order valence-electron chi connectivity index (χ2n) is 6.00. The van der Waals surface area contributed by atoms with E-state index in [4.69, 9.17) is 16.6 Å². The third-order valence-electron chi connectivity index (χ3n) is 3.84. The summed E-state index contributed by atoms with van der Waals surface area (Å²) in [5.41, 5.74) is 10.7. The van der Waals surface area contributed by atoms with Crippen LogP contribution in [0.2, 0.25) is 0 Å². The quantitative estimate of drug-likeness (QED) is 0.172. The Balaban J connectivity index is 4.63. The number of carbonyl (C=O) groups is 5. The molecule has 0 saturated heterocycles. The first-order chi connectivity index (χ1) is 12.5. The molecule has 12 heteroatoms. The summed E-state index contributed by atoms with van der Waals surface area (Å²) in [6, 6.07) is -3.32. The Hall–Kier alpha value is -2.34. The number of aliphatic carboxylic acids is 1. The van der Waals surface area contributed by atoms with Crippen LogP contribution >= 0.6 is 12.6 Å². The molecule has 0 radical (unpaired) electrons. The first-order valence-corrected chi connectivity index (χ1v) is 8.91. The van der Waals surface area contributed by atoms with Gasteiger partial charge in [0, 0.05) is 5.75 Å². The van der Waals surface area contributed by atoms with E-state index in [2.05, 4.69) is 28.6 Å². The maximum Gasteiger partial charge on any atom is 0.326 e. The SMILES string of the molecule is CCC(C)C(N)C(=O)NC(CS)C(=O)NCC(=O)NC(CC(N)=O)C(=O)O. The van der Waals surface area contributed by atoms with Crippen LogP contribution in [-0.2, 0) is 24.0 Å². The van der Waals surface area contributed by atoms with Gasteiger partial charge in [-0.3, -0.25) is 19.2 Å². The molecule has 4 atom stereocenters. The lowest BCUT2D eigenvalue weighted by Crippen LogP contribution is -2.55. The molecule has 0 fully saturated rings. The van der Waals surface area contributed by atoms with Crippen molar-refractivity contribution in [2.24, 2.45) is 17.4 Å². The Kier molecular flexibility index (Phi) is 11.1. The Bertz CT molecular complexity index is 573. The fourth-order valence-electron chi connectivity index (χ4n) is 1.91. The standard InChI is InChI=1S/C15H27N5O6S/c1-3-7(2)12(17)14(24)20-9(6-27)13(23)18-5-11(22)19-8(15(25)26)4-10(16)21/h7-9,12,27H,3-6,17H2,1-2H3,(H2,16,21)(H,18,23)(H,19,22)(H,20,24)(H,25,26). The highest BCUT2D eigenvalue weighted by molar-refractivity contribution is 7.80. The summed E-state index contributed by atoms with van der Waals surface area (Å²) in [6.45, 7) is 3.12. The van der Waals surface area contributed by atoms with E-state index in [-0.39, 0.29) is 11.7 Å². The largest absolute Gasteiger partial charge is 0.480 e. The maximum absolute atomic E-state index is 12.1. The zero-order valence-corrected chi connectivity index (χ0v) is 16.1. The van der Waals surface area contributed by atoms with Crippen molar-refractivity contribution in [2.75, 3.05) is 12.3 Å². The number of amides is 4. The number of hydrogen-bond donors (Lipinski definition) is 7. The second-order valence-corrected chi connectivity index (χ2v) is 6.37. The van der Waals surface area contributed by atoms with Gasteiger partial charge >= 0.3 is 5.97 Å². The van der Waals surface area contributed by atoms with Crippen LogP contribution in [0.15, 0.2) is 0 Å². The number of primary amides is 1. The molecular weight excluding hydrogens is 378 g/mol. The minimum Gasteiger partial charge on any atom is -0.480 e. The van der Waals surface area contributed by atoms with Crippen molar-refractivity contribution < 1.29 is 29.1 Å². The number of rotatable bonds is 12. The number of carboxylic acids is 1. The molecule has 0 aliphatic rings. The van der Waals surface area contributed by atoms with Crippen LogP contribution in [0, 0.1) is 5.92 Å². The van der Waals surface area contributed by atoms with Crippen LogP contribution in [0.4, 0.5) is 0 Å². The van der Waals surface area contributed by atoms with Crippen molar-refractivity contribution in [1.82, 2.24) is 16.0 Å². The Morgan fingerprint density at radius 2 is 1.67 bits per heavy atom. The molecule has 0 aliphatic carbocycles. The first kappa shape index (κ1) is 24.7. The van der Waals surface area contributed by atoms with Crippen LogP contribution in [-0.4, -0.2) is 65.1 Å². The summed E-state index contributed by atoms with van der Waals surface area (Å²) in [5.74, 6) is -4.50. The highest BCUT2D eigenvalue weighted by Gasteiger charge is 2.26. The normalized spacial score (nSPS) is 15.0. The van der Waals surface area contributed by atoms with Crippen molar-refractivity contribution in [2.45, 2.75) is 44.8 Å². The average Bonchev–Trinajstić information content (AvgIpc) is 2.61. The number of hydrogen-bond acceptors (Lipinski definition) is 7. The van der Waals surface area contributed by atoms with Crippen LogP contribution < -0.4 is 27.4 Å². The van der Waals surface area contributed by atoms with Crippen molar-refractivity contribution in [3.63, 3.8) is 0 Å². The summed E-state index contributed by atoms with van der Waals surface area (Å²) in [4.78, 5) is 57.6. The van der Waals surface area contributed by atoms with Crippen molar-refractivity contribution >= 4 is 42.2 Å². The minimum absolute atomic E-state index is 0.0359. The van der Waals surface area contributed by atoms with E-state index in [0.717, 1.165) is 0 Å². The van der Waals surface area contributed by atoms with Gasteiger partial charge in [0.05, 0.1) is 19.0 Å². The minimum atomic E-state index is -1.50. The molecule has 0 heterocycles. The third-order valence-corrected chi connectivity index (χ3v) is 4.20. The topological polar surface area (TPSA) is 194 Å². The highest BCUT2D eigenvalue weighted by atomic mass is 32.1. The van der Waals surface area contributed by atoms with Crippen molar-refractivity contribution in [3.8, 4) is 0 Å². The Labute approximate surface area is 162 Å². The molecule has 0 bridgehead atoms. The molecule has 0 aromatic rings. The smallest absolute Gasteiger partial charge is 0.326 e. The average molecular weight is 405 g/mol. The summed E-state index contributed by atoms with van der Waals surface area (Å²) in [7, 11) is 0. The summed E-state index contributed by atoms with van der Waals surface area (Å²) in [5, 5.41) is 15.7. The molecule has 11 nitrogen and oxygen atoms in total. The fraction of sp³-hybridized carbons (Fsp3) is 0.667. The predicted molar refractivity (Wildman–Crippen MR) is 99.6 cm³/mol. The lowest BCUT2D eigenvalue weighted by molar-refractivity contribution is -0.143. The monoisotopic (exact) mass is 405 g/mol. The van der Waals surface area contributed by atoms with Gasteiger partial charge in [-0.05, 0) is 5.92 Å². The van der Waals surface area contributed by atoms with Crippen LogP contribution in [0.1, 0.15) is 26.7 Å². The molecule has 8 N–H and O–H groups in total. The number of thiol groups is 1. The second kappa shape index (κ2) is 12.1. The number of nitrogens with two attached hydrogens (primary N) is 2. The van der Waals surface area contributed by atoms with E-state index >= 15 is 0 Å². The summed E-state index contributed by atoms with van der Waals surface area (Å²) >= 11 is 3.99. The highest BCUT2D eigenvalue weighted by Crippen LogP contribution is 2.05. The lowest BCUT2D eigenvalue weighted by Gasteiger charge is -2.22. The van der Waals surface area contributed by atoms with Gasteiger partial charge in [-0.25, -0.2) is 4.79 Å². The van der Waals surface area contributed by atoms with E-state index in [1.54, 1.807) is 6.92 Å². The van der Waals surface area contributed by atoms with Gasteiger partial charge in [0.1, 0.15) is 12.1 Å². The molecule has 154 valence electrons. The first-order valence-electron chi connectivity index (χ1n) is 8.28. The molecule has 0 aromatic carbocycles. The van der Waals surface area contributed by atoms with Gasteiger partial charge in [0.2, 0.25) is 23.6 Å². The van der Waals surface area contributed by atoms with Gasteiger partial charge < -0.3 is 32.5 Å². The lowest BCUT2D eigenvalue weighted by atomic mass is 9.99. The van der Waals surface area contributed by atoms with Gasteiger partial charge in [-0.2, -0.15) is 12.6 Å². The van der Waals surface area contributed by atoms with E-state index in [9.17, 15) is 24.0 Å². The predicted octanol–water partition coefficient (Wildman–Crippen LogP) is -2.66. The molecule has 0 saturated carbocycles. The number of nitrogens with one attached hydrogen (secondary N) is 3. The number of carbonyl (C=O) groups excluding carboxylic acids is 4. The van der Waals surface area contributed by atoms with Crippen LogP contribution in [0.25, 0.3) is 0 Å². The molecule has 0 rings (SSSR count). The Morgan fingerprint density at radius 1 is 1.07 bits per heavy atom. The third kappa shape index (κ3) is 9.24. The van der Waals surface area contributed by atoms with Crippen molar-refractivity contribution in [3.05, 3.63) is 0 Å². The summed E-state index contributed by atoms with van der Waals surface area (Å²) in [6.07, 6.45) is 0.0976. The van der Waals surface area contributed by atoms with E-state index in [1.165, 1.54) is 0 Å². The van der Waals surface area contributed by atoms with Gasteiger partial charge in [-0.1, -0.05) is 20.3 Å². The molecule has 27 heavy (non-hydrogen) atoms. The summed E-state index contributed by atoms with van der Waals surface area (Å²) < 4.78 is 0. The molecular formula is C15H27N5O6S. The molecule has 4 amide bonds. The molecule has 0 aromatic heterocycles. The maximum atomic E-state index is 12.1. The van der Waals surface area contributed by atoms with Crippen molar-refractivity contribution in [1.29, 1.82) is 0 Å². The fourth-order valence-corrected chi connectivity index (χ4v) is 2.17. The van der Waals surface area contributed by atoms with Gasteiger partial charge in [0.25, 0.3) is 0 Å². The van der Waals surface area contributed by atoms with Gasteiger partial charge in [-0.15, -0.1) is 0 Å². The molecule has 4 unspecified atom stereocenters. The van der Waals surface area contributed by atoms with E-state index < -0.39 is 60.7 Å². The van der Waals surface area contributed by atoms with E-state index in [0.29, 0.717) is 6.42 Å². The Morgan fingerprint density at radius 3 is 2.11 bits per heavy atom. The number of carboxylic acid groups (broad SMARTS) is 1. The molecule has 0 spiro atoms. The van der Waals surface area contributed by atoms with Crippen LogP contribution in [0.5, 0.6) is 0 Å².